The second-order valence-corrected chi connectivity index (χ2v) is 4.86. The van der Waals surface area contributed by atoms with Gasteiger partial charge in [-0.15, -0.1) is 0 Å². The molecule has 2 rings (SSSR count). The third-order valence-corrected chi connectivity index (χ3v) is 3.70. The molecule has 0 spiro atoms. The van der Waals surface area contributed by atoms with Gasteiger partial charge in [-0.25, -0.2) is 0 Å². The van der Waals surface area contributed by atoms with Crippen molar-refractivity contribution in [3.8, 4) is 0 Å². The Morgan fingerprint density at radius 2 is 1.94 bits per heavy atom. The SMILES string of the molecule is O=C(O)C1CCCC1C(=O)NCC1CCCO1. The lowest BCUT2D eigenvalue weighted by molar-refractivity contribution is -0.146. The first kappa shape index (κ1) is 12.4. The summed E-state index contributed by atoms with van der Waals surface area (Å²) >= 11 is 0. The largest absolute Gasteiger partial charge is 0.481 e. The van der Waals surface area contributed by atoms with Crippen molar-refractivity contribution in [1.82, 2.24) is 5.32 Å². The molecular formula is C12H19NO4. The maximum atomic E-state index is 11.9. The van der Waals surface area contributed by atoms with Gasteiger partial charge in [0.1, 0.15) is 0 Å². The van der Waals surface area contributed by atoms with Crippen LogP contribution >= 0.6 is 0 Å². The normalized spacial score (nSPS) is 32.6. The van der Waals surface area contributed by atoms with E-state index in [1.54, 1.807) is 0 Å². The summed E-state index contributed by atoms with van der Waals surface area (Å²) in [5, 5.41) is 11.8. The molecule has 0 aromatic rings. The Balaban J connectivity index is 1.80. The summed E-state index contributed by atoms with van der Waals surface area (Å²) < 4.78 is 5.41. The maximum absolute atomic E-state index is 11.9. The minimum Gasteiger partial charge on any atom is -0.481 e. The Morgan fingerprint density at radius 3 is 2.59 bits per heavy atom. The van der Waals surface area contributed by atoms with Crippen LogP contribution in [0.3, 0.4) is 0 Å². The lowest BCUT2D eigenvalue weighted by Gasteiger charge is -2.17. The lowest BCUT2D eigenvalue weighted by atomic mass is 9.95. The quantitative estimate of drug-likeness (QED) is 0.762. The molecule has 3 unspecified atom stereocenters. The number of nitrogens with one attached hydrogen (secondary N) is 1. The zero-order valence-electron chi connectivity index (χ0n) is 9.85. The van der Waals surface area contributed by atoms with Gasteiger partial charge >= 0.3 is 5.97 Å². The van der Waals surface area contributed by atoms with E-state index >= 15 is 0 Å². The Kier molecular flexibility index (Phi) is 3.99. The highest BCUT2D eigenvalue weighted by Crippen LogP contribution is 2.32. The van der Waals surface area contributed by atoms with Crippen LogP contribution < -0.4 is 5.32 Å². The highest BCUT2D eigenvalue weighted by Gasteiger charge is 2.37. The van der Waals surface area contributed by atoms with Crippen molar-refractivity contribution in [2.75, 3.05) is 13.2 Å². The van der Waals surface area contributed by atoms with E-state index in [0.29, 0.717) is 19.4 Å². The number of ether oxygens (including phenoxy) is 1. The number of carbonyl (C=O) groups excluding carboxylic acids is 1. The molecule has 3 atom stereocenters. The molecule has 0 radical (unpaired) electrons. The fourth-order valence-corrected chi connectivity index (χ4v) is 2.72. The van der Waals surface area contributed by atoms with Crippen molar-refractivity contribution < 1.29 is 19.4 Å². The van der Waals surface area contributed by atoms with Crippen LogP contribution in [0.5, 0.6) is 0 Å². The molecule has 1 heterocycles. The van der Waals surface area contributed by atoms with Crippen LogP contribution in [-0.2, 0) is 14.3 Å². The van der Waals surface area contributed by atoms with Gasteiger partial charge in [-0.1, -0.05) is 6.42 Å². The predicted octanol–water partition coefficient (Wildman–Crippen LogP) is 0.782. The van der Waals surface area contributed by atoms with Gasteiger partial charge in [0, 0.05) is 13.2 Å². The van der Waals surface area contributed by atoms with Crippen molar-refractivity contribution in [1.29, 1.82) is 0 Å². The zero-order chi connectivity index (χ0) is 12.3. The van der Waals surface area contributed by atoms with E-state index in [0.717, 1.165) is 25.9 Å². The number of hydrogen-bond acceptors (Lipinski definition) is 3. The highest BCUT2D eigenvalue weighted by molar-refractivity contribution is 5.85. The summed E-state index contributed by atoms with van der Waals surface area (Å²) in [6.45, 7) is 1.28. The number of carboxylic acids is 1. The van der Waals surface area contributed by atoms with E-state index in [9.17, 15) is 9.59 Å². The molecule has 1 aliphatic heterocycles. The molecule has 0 aromatic carbocycles. The van der Waals surface area contributed by atoms with E-state index in [1.165, 1.54) is 0 Å². The average molecular weight is 241 g/mol. The van der Waals surface area contributed by atoms with E-state index < -0.39 is 11.9 Å². The lowest BCUT2D eigenvalue weighted by Crippen LogP contribution is -2.39. The van der Waals surface area contributed by atoms with E-state index in [1.807, 2.05) is 0 Å². The highest BCUT2D eigenvalue weighted by atomic mass is 16.5. The number of carboxylic acid groups (broad SMARTS) is 1. The summed E-state index contributed by atoms with van der Waals surface area (Å²) in [7, 11) is 0. The van der Waals surface area contributed by atoms with Crippen LogP contribution in [0.15, 0.2) is 0 Å². The van der Waals surface area contributed by atoms with Crippen molar-refractivity contribution in [3.63, 3.8) is 0 Å². The maximum Gasteiger partial charge on any atom is 0.307 e. The smallest absolute Gasteiger partial charge is 0.307 e. The molecule has 17 heavy (non-hydrogen) atoms. The van der Waals surface area contributed by atoms with E-state index in [-0.39, 0.29) is 17.9 Å². The van der Waals surface area contributed by atoms with Crippen LogP contribution in [0.25, 0.3) is 0 Å². The molecule has 5 nitrogen and oxygen atoms in total. The Bertz CT molecular complexity index is 299. The summed E-state index contributed by atoms with van der Waals surface area (Å²) in [6, 6.07) is 0. The van der Waals surface area contributed by atoms with Gasteiger partial charge in [0.05, 0.1) is 17.9 Å². The summed E-state index contributed by atoms with van der Waals surface area (Å²) in [5.41, 5.74) is 0. The van der Waals surface area contributed by atoms with Gasteiger partial charge in [0.2, 0.25) is 5.91 Å². The number of aliphatic carboxylic acids is 1. The fraction of sp³-hybridized carbons (Fsp3) is 0.833. The second kappa shape index (κ2) is 5.49. The monoisotopic (exact) mass is 241 g/mol. The average Bonchev–Trinajstić information content (AvgIpc) is 2.96. The molecular weight excluding hydrogens is 222 g/mol. The first-order valence-electron chi connectivity index (χ1n) is 6.30. The fourth-order valence-electron chi connectivity index (χ4n) is 2.72. The summed E-state index contributed by atoms with van der Waals surface area (Å²) in [4.78, 5) is 22.9. The van der Waals surface area contributed by atoms with Gasteiger partial charge in [-0.2, -0.15) is 0 Å². The molecule has 2 N–H and O–H groups in total. The number of hydrogen-bond donors (Lipinski definition) is 2. The Hall–Kier alpha value is -1.10. The van der Waals surface area contributed by atoms with Crippen LogP contribution in [0.2, 0.25) is 0 Å². The van der Waals surface area contributed by atoms with Crippen molar-refractivity contribution in [2.24, 2.45) is 11.8 Å². The predicted molar refractivity (Wildman–Crippen MR) is 60.5 cm³/mol. The summed E-state index contributed by atoms with van der Waals surface area (Å²) in [6.07, 6.45) is 4.27. The third-order valence-electron chi connectivity index (χ3n) is 3.70. The molecule has 1 amide bonds. The van der Waals surface area contributed by atoms with Crippen LogP contribution in [-0.4, -0.2) is 36.2 Å². The van der Waals surface area contributed by atoms with Crippen LogP contribution in [0.4, 0.5) is 0 Å². The molecule has 2 aliphatic rings. The van der Waals surface area contributed by atoms with Crippen molar-refractivity contribution in [2.45, 2.75) is 38.2 Å². The van der Waals surface area contributed by atoms with Crippen LogP contribution in [0, 0.1) is 11.8 Å². The summed E-state index contributed by atoms with van der Waals surface area (Å²) in [5.74, 6) is -1.82. The van der Waals surface area contributed by atoms with Gasteiger partial charge in [-0.05, 0) is 25.7 Å². The van der Waals surface area contributed by atoms with Crippen molar-refractivity contribution >= 4 is 11.9 Å². The van der Waals surface area contributed by atoms with E-state index in [4.69, 9.17) is 9.84 Å². The topological polar surface area (TPSA) is 75.6 Å². The van der Waals surface area contributed by atoms with Crippen molar-refractivity contribution in [3.05, 3.63) is 0 Å². The first-order chi connectivity index (χ1) is 8.18. The molecule has 0 aromatic heterocycles. The first-order valence-corrected chi connectivity index (χ1v) is 6.30. The molecule has 96 valence electrons. The minimum atomic E-state index is -0.847. The number of carbonyl (C=O) groups is 2. The molecule has 2 fully saturated rings. The van der Waals surface area contributed by atoms with E-state index in [2.05, 4.69) is 5.32 Å². The molecule has 1 aliphatic carbocycles. The molecule has 0 bridgehead atoms. The van der Waals surface area contributed by atoms with Gasteiger partial charge in [0.15, 0.2) is 0 Å². The zero-order valence-corrected chi connectivity index (χ0v) is 9.85. The third kappa shape index (κ3) is 2.97. The molecule has 1 saturated carbocycles. The second-order valence-electron chi connectivity index (χ2n) is 4.86. The number of rotatable bonds is 4. The molecule has 5 heteroatoms. The Morgan fingerprint density at radius 1 is 1.18 bits per heavy atom. The van der Waals surface area contributed by atoms with Gasteiger partial charge in [-0.3, -0.25) is 9.59 Å². The van der Waals surface area contributed by atoms with Gasteiger partial charge < -0.3 is 15.2 Å². The Labute approximate surface area is 101 Å². The minimum absolute atomic E-state index is 0.114. The van der Waals surface area contributed by atoms with Gasteiger partial charge in [0.25, 0.3) is 0 Å². The number of amides is 1. The van der Waals surface area contributed by atoms with Crippen LogP contribution in [0.1, 0.15) is 32.1 Å². The standard InChI is InChI=1S/C12H19NO4/c14-11(13-7-8-3-2-6-17-8)9-4-1-5-10(9)12(15)16/h8-10H,1-7H2,(H,13,14)(H,15,16). The molecule has 1 saturated heterocycles.